The van der Waals surface area contributed by atoms with Crippen LogP contribution in [-0.2, 0) is 16.0 Å². The third-order valence-corrected chi connectivity index (χ3v) is 9.18. The van der Waals surface area contributed by atoms with Crippen molar-refractivity contribution in [1.29, 1.82) is 0 Å². The lowest BCUT2D eigenvalue weighted by Gasteiger charge is -2.42. The van der Waals surface area contributed by atoms with Crippen LogP contribution in [0.1, 0.15) is 57.7 Å². The van der Waals surface area contributed by atoms with Crippen LogP contribution in [0.3, 0.4) is 0 Å². The molecular weight excluding hydrogens is 697 g/mol. The molecule has 1 heterocycles. The summed E-state index contributed by atoms with van der Waals surface area (Å²) in [5.74, 6) is -3.56. The SMILES string of the molecule is CC(c1cccc(-c2ccccc2C(=O)NCCN)c1)N(C(=O)Cc1ccc(Cl)cc1)C1CCN(C(=O)c2cccc(OC(=O)C(F)(F)F)c2)CC1. The summed E-state index contributed by atoms with van der Waals surface area (Å²) in [7, 11) is 0. The van der Waals surface area contributed by atoms with Crippen molar-refractivity contribution in [2.45, 2.75) is 44.4 Å². The molecule has 272 valence electrons. The van der Waals surface area contributed by atoms with Crippen molar-refractivity contribution in [3.63, 3.8) is 0 Å². The molecule has 0 radical (unpaired) electrons. The number of likely N-dealkylation sites (tertiary alicyclic amines) is 1. The zero-order valence-electron chi connectivity index (χ0n) is 28.4. The predicted molar refractivity (Wildman–Crippen MR) is 191 cm³/mol. The van der Waals surface area contributed by atoms with Crippen LogP contribution in [0.5, 0.6) is 5.75 Å². The minimum atomic E-state index is -5.18. The summed E-state index contributed by atoms with van der Waals surface area (Å²) in [4.78, 5) is 55.3. The number of amides is 3. The Morgan fingerprint density at radius 3 is 2.33 bits per heavy atom. The van der Waals surface area contributed by atoms with Gasteiger partial charge >= 0.3 is 12.1 Å². The Morgan fingerprint density at radius 2 is 1.63 bits per heavy atom. The van der Waals surface area contributed by atoms with Gasteiger partial charge in [0, 0.05) is 48.4 Å². The van der Waals surface area contributed by atoms with Gasteiger partial charge in [0.05, 0.1) is 12.5 Å². The molecule has 1 saturated heterocycles. The molecule has 3 amide bonds. The van der Waals surface area contributed by atoms with Crippen LogP contribution in [0, 0.1) is 0 Å². The standard InChI is InChI=1S/C39H38ClF3N4O5/c1-25(27-6-4-7-28(23-27)33-10-2-3-11-34(33)36(49)45-19-18-44)47(35(48)22-26-12-14-30(40)15-13-26)31-16-20-46(21-17-31)37(50)29-8-5-9-32(24-29)52-38(51)39(41,42)43/h2-15,23-25,31H,16-22,44H2,1H3,(H,45,49). The lowest BCUT2D eigenvalue weighted by molar-refractivity contribution is -0.189. The van der Waals surface area contributed by atoms with E-state index in [1.54, 1.807) is 41.3 Å². The lowest BCUT2D eigenvalue weighted by atomic mass is 9.93. The van der Waals surface area contributed by atoms with E-state index in [0.29, 0.717) is 36.5 Å². The number of nitrogens with two attached hydrogens (primary N) is 1. The van der Waals surface area contributed by atoms with E-state index >= 15 is 0 Å². The highest BCUT2D eigenvalue weighted by molar-refractivity contribution is 6.30. The number of rotatable bonds is 11. The fourth-order valence-corrected chi connectivity index (χ4v) is 6.46. The molecular formula is C39H38ClF3N4O5. The van der Waals surface area contributed by atoms with Gasteiger partial charge in [-0.25, -0.2) is 4.79 Å². The normalized spacial score (nSPS) is 14.0. The summed E-state index contributed by atoms with van der Waals surface area (Å²) in [5.41, 5.74) is 9.33. The van der Waals surface area contributed by atoms with E-state index in [2.05, 4.69) is 10.1 Å². The quantitative estimate of drug-likeness (QED) is 0.132. The number of carbonyl (C=O) groups is 4. The highest BCUT2D eigenvalue weighted by Crippen LogP contribution is 2.33. The fourth-order valence-electron chi connectivity index (χ4n) is 6.33. The minimum Gasteiger partial charge on any atom is -0.420 e. The fraction of sp³-hybridized carbons (Fsp3) is 0.282. The predicted octanol–water partition coefficient (Wildman–Crippen LogP) is 6.60. The minimum absolute atomic E-state index is 0.0729. The Morgan fingerprint density at radius 1 is 0.942 bits per heavy atom. The maximum absolute atomic E-state index is 14.2. The number of esters is 1. The molecule has 5 rings (SSSR count). The summed E-state index contributed by atoms with van der Waals surface area (Å²) in [6.07, 6.45) is -4.18. The van der Waals surface area contributed by atoms with Crippen molar-refractivity contribution in [1.82, 2.24) is 15.1 Å². The number of benzene rings is 4. The first kappa shape index (κ1) is 38.0. The number of nitrogens with one attached hydrogen (secondary N) is 1. The summed E-state index contributed by atoms with van der Waals surface area (Å²) in [6.45, 7) is 3.15. The van der Waals surface area contributed by atoms with Crippen molar-refractivity contribution in [2.24, 2.45) is 5.73 Å². The average molecular weight is 735 g/mol. The summed E-state index contributed by atoms with van der Waals surface area (Å²) >= 11 is 6.09. The maximum Gasteiger partial charge on any atom is 0.491 e. The number of halogens is 4. The third kappa shape index (κ3) is 9.36. The maximum atomic E-state index is 14.2. The smallest absolute Gasteiger partial charge is 0.420 e. The first-order valence-corrected chi connectivity index (χ1v) is 17.1. The second-order valence-electron chi connectivity index (χ2n) is 12.4. The van der Waals surface area contributed by atoms with Crippen LogP contribution in [0.4, 0.5) is 13.2 Å². The van der Waals surface area contributed by atoms with Crippen LogP contribution in [-0.4, -0.2) is 71.9 Å². The van der Waals surface area contributed by atoms with Gasteiger partial charge in [0.1, 0.15) is 5.75 Å². The number of ether oxygens (including phenoxy) is 1. The molecule has 52 heavy (non-hydrogen) atoms. The van der Waals surface area contributed by atoms with E-state index in [1.165, 1.54) is 18.2 Å². The van der Waals surface area contributed by atoms with Gasteiger partial charge in [-0.15, -0.1) is 0 Å². The second kappa shape index (κ2) is 16.9. The average Bonchev–Trinajstić information content (AvgIpc) is 3.14. The first-order chi connectivity index (χ1) is 24.8. The molecule has 1 fully saturated rings. The Kier molecular flexibility index (Phi) is 12.3. The van der Waals surface area contributed by atoms with Crippen molar-refractivity contribution < 1.29 is 37.1 Å². The van der Waals surface area contributed by atoms with Crippen LogP contribution in [0.15, 0.2) is 97.1 Å². The molecule has 13 heteroatoms. The van der Waals surface area contributed by atoms with Crippen LogP contribution in [0.25, 0.3) is 11.1 Å². The van der Waals surface area contributed by atoms with Crippen molar-refractivity contribution in [2.75, 3.05) is 26.2 Å². The molecule has 0 saturated carbocycles. The number of piperidine rings is 1. The van der Waals surface area contributed by atoms with Gasteiger partial charge < -0.3 is 25.6 Å². The molecule has 1 aliphatic heterocycles. The van der Waals surface area contributed by atoms with E-state index in [-0.39, 0.29) is 42.9 Å². The lowest BCUT2D eigenvalue weighted by Crippen LogP contribution is -2.50. The van der Waals surface area contributed by atoms with Crippen molar-refractivity contribution in [3.05, 3.63) is 124 Å². The third-order valence-electron chi connectivity index (χ3n) is 8.92. The molecule has 4 aromatic rings. The summed E-state index contributed by atoms with van der Waals surface area (Å²) in [5, 5.41) is 3.37. The Labute approximate surface area is 304 Å². The van der Waals surface area contributed by atoms with Crippen LogP contribution >= 0.6 is 11.6 Å². The summed E-state index contributed by atoms with van der Waals surface area (Å²) < 4.78 is 42.6. The van der Waals surface area contributed by atoms with Gasteiger partial charge in [0.15, 0.2) is 0 Å². The number of alkyl halides is 3. The molecule has 9 nitrogen and oxygen atoms in total. The van der Waals surface area contributed by atoms with Gasteiger partial charge in [-0.2, -0.15) is 13.2 Å². The molecule has 1 aliphatic rings. The first-order valence-electron chi connectivity index (χ1n) is 16.8. The second-order valence-corrected chi connectivity index (χ2v) is 12.9. The number of hydrogen-bond donors (Lipinski definition) is 2. The highest BCUT2D eigenvalue weighted by Gasteiger charge is 2.41. The zero-order valence-corrected chi connectivity index (χ0v) is 29.1. The van der Waals surface area contributed by atoms with E-state index in [4.69, 9.17) is 17.3 Å². The topological polar surface area (TPSA) is 122 Å². The van der Waals surface area contributed by atoms with E-state index < -0.39 is 29.8 Å². The molecule has 4 aromatic carbocycles. The van der Waals surface area contributed by atoms with Gasteiger partial charge in [-0.05, 0) is 84.5 Å². The molecule has 0 bridgehead atoms. The summed E-state index contributed by atoms with van der Waals surface area (Å²) in [6, 6.07) is 26.4. The number of carbonyl (C=O) groups excluding carboxylic acids is 4. The number of nitrogens with zero attached hydrogens (tertiary/aromatic N) is 2. The van der Waals surface area contributed by atoms with Crippen molar-refractivity contribution in [3.8, 4) is 16.9 Å². The molecule has 1 atom stereocenters. The number of hydrogen-bond acceptors (Lipinski definition) is 6. The monoisotopic (exact) mass is 734 g/mol. The Hall–Kier alpha value is -5.20. The van der Waals surface area contributed by atoms with E-state index in [0.717, 1.165) is 28.3 Å². The Bertz CT molecular complexity index is 1910. The largest absolute Gasteiger partial charge is 0.491 e. The van der Waals surface area contributed by atoms with E-state index in [1.807, 2.05) is 48.2 Å². The van der Waals surface area contributed by atoms with Gasteiger partial charge in [-0.3, -0.25) is 14.4 Å². The van der Waals surface area contributed by atoms with E-state index in [9.17, 15) is 32.3 Å². The van der Waals surface area contributed by atoms with Crippen molar-refractivity contribution >= 4 is 35.3 Å². The molecule has 1 unspecified atom stereocenters. The molecule has 0 aliphatic carbocycles. The molecule has 0 aromatic heterocycles. The van der Waals surface area contributed by atoms with Crippen LogP contribution < -0.4 is 15.8 Å². The molecule has 0 spiro atoms. The zero-order chi connectivity index (χ0) is 37.4. The van der Waals surface area contributed by atoms with Gasteiger partial charge in [0.25, 0.3) is 11.8 Å². The highest BCUT2D eigenvalue weighted by atomic mass is 35.5. The van der Waals surface area contributed by atoms with Gasteiger partial charge in [0.2, 0.25) is 5.91 Å². The van der Waals surface area contributed by atoms with Gasteiger partial charge in [-0.1, -0.05) is 66.2 Å². The Balaban J connectivity index is 1.37. The molecule has 3 N–H and O–H groups in total. The van der Waals surface area contributed by atoms with Crippen LogP contribution in [0.2, 0.25) is 5.02 Å².